The van der Waals surface area contributed by atoms with E-state index in [0.717, 1.165) is 19.5 Å². The highest BCUT2D eigenvalue weighted by Crippen LogP contribution is 2.20. The molecule has 1 aromatic heterocycles. The van der Waals surface area contributed by atoms with Crippen LogP contribution >= 0.6 is 11.3 Å². The van der Waals surface area contributed by atoms with E-state index in [2.05, 4.69) is 39.1 Å². The Balaban J connectivity index is 2.38. The van der Waals surface area contributed by atoms with Crippen LogP contribution in [0.2, 0.25) is 0 Å². The van der Waals surface area contributed by atoms with Crippen molar-refractivity contribution in [1.82, 2.24) is 5.32 Å². The van der Waals surface area contributed by atoms with Crippen molar-refractivity contribution in [2.75, 3.05) is 6.54 Å². The molecule has 0 fully saturated rings. The maximum atomic E-state index is 6.06. The molecule has 0 bridgehead atoms. The third-order valence-corrected chi connectivity index (χ3v) is 4.01. The first kappa shape index (κ1) is 12.7. The minimum absolute atomic E-state index is 0.0820. The van der Waals surface area contributed by atoms with E-state index in [1.54, 1.807) is 0 Å². The highest BCUT2D eigenvalue weighted by Gasteiger charge is 2.14. The van der Waals surface area contributed by atoms with Crippen molar-refractivity contribution in [2.24, 2.45) is 5.73 Å². The molecule has 0 radical (unpaired) electrons. The second kappa shape index (κ2) is 5.10. The Kier molecular flexibility index (Phi) is 4.32. The molecule has 1 atom stereocenters. The molecule has 0 amide bonds. The number of hydrogen-bond donors (Lipinski definition) is 2. The summed E-state index contributed by atoms with van der Waals surface area (Å²) in [6, 6.07) is 2.26. The first-order valence-electron chi connectivity index (χ1n) is 5.50. The maximum Gasteiger partial charge on any atom is 0.0300 e. The predicted molar refractivity (Wildman–Crippen MR) is 68.4 cm³/mol. The molecular weight excluding hydrogens is 204 g/mol. The molecule has 0 saturated heterocycles. The van der Waals surface area contributed by atoms with Gasteiger partial charge >= 0.3 is 0 Å². The first-order chi connectivity index (χ1) is 6.94. The van der Waals surface area contributed by atoms with Crippen molar-refractivity contribution in [3.63, 3.8) is 0 Å². The largest absolute Gasteiger partial charge is 0.324 e. The fourth-order valence-electron chi connectivity index (χ4n) is 1.33. The van der Waals surface area contributed by atoms with Gasteiger partial charge in [-0.2, -0.15) is 0 Å². The molecular formula is C12H22N2S. The second-order valence-corrected chi connectivity index (χ2v) is 5.90. The van der Waals surface area contributed by atoms with Crippen molar-refractivity contribution in [3.8, 4) is 0 Å². The van der Waals surface area contributed by atoms with Gasteiger partial charge in [0.2, 0.25) is 0 Å². The Hall–Kier alpha value is -0.380. The van der Waals surface area contributed by atoms with Crippen LogP contribution in [-0.2, 0) is 6.54 Å². The van der Waals surface area contributed by atoms with E-state index in [1.165, 1.54) is 15.3 Å². The molecule has 2 nitrogen and oxygen atoms in total. The number of nitrogens with one attached hydrogen (secondary N) is 1. The lowest BCUT2D eigenvalue weighted by Gasteiger charge is -2.22. The van der Waals surface area contributed by atoms with E-state index in [-0.39, 0.29) is 5.54 Å². The minimum atomic E-state index is -0.0820. The Morgan fingerprint density at radius 3 is 2.60 bits per heavy atom. The van der Waals surface area contributed by atoms with E-state index in [0.29, 0.717) is 0 Å². The van der Waals surface area contributed by atoms with Crippen molar-refractivity contribution < 1.29 is 0 Å². The Morgan fingerprint density at radius 1 is 1.47 bits per heavy atom. The van der Waals surface area contributed by atoms with E-state index in [4.69, 9.17) is 5.73 Å². The van der Waals surface area contributed by atoms with Gasteiger partial charge in [0, 0.05) is 28.4 Å². The molecule has 1 rings (SSSR count). The molecule has 15 heavy (non-hydrogen) atoms. The number of aryl methyl sites for hydroxylation is 2. The third-order valence-electron chi connectivity index (χ3n) is 2.85. The van der Waals surface area contributed by atoms with Crippen molar-refractivity contribution in [3.05, 3.63) is 21.4 Å². The van der Waals surface area contributed by atoms with Crippen LogP contribution < -0.4 is 11.1 Å². The van der Waals surface area contributed by atoms with Crippen LogP contribution in [0.25, 0.3) is 0 Å². The molecule has 86 valence electrons. The van der Waals surface area contributed by atoms with Gasteiger partial charge in [-0.05, 0) is 38.8 Å². The normalized spacial score (nSPS) is 15.3. The zero-order valence-electron chi connectivity index (χ0n) is 10.2. The van der Waals surface area contributed by atoms with Gasteiger partial charge in [0.15, 0.2) is 0 Å². The molecule has 1 aromatic rings. The molecule has 0 saturated carbocycles. The molecule has 3 heteroatoms. The summed E-state index contributed by atoms with van der Waals surface area (Å²) >= 11 is 1.87. The topological polar surface area (TPSA) is 38.0 Å². The Labute approximate surface area is 96.9 Å². The molecule has 1 unspecified atom stereocenters. The van der Waals surface area contributed by atoms with Gasteiger partial charge in [0.05, 0.1) is 0 Å². The van der Waals surface area contributed by atoms with Crippen LogP contribution in [0, 0.1) is 13.8 Å². The second-order valence-electron chi connectivity index (χ2n) is 4.56. The van der Waals surface area contributed by atoms with Gasteiger partial charge in [0.25, 0.3) is 0 Å². The van der Waals surface area contributed by atoms with E-state index >= 15 is 0 Å². The first-order valence-corrected chi connectivity index (χ1v) is 6.32. The fourth-order valence-corrected chi connectivity index (χ4v) is 2.36. The minimum Gasteiger partial charge on any atom is -0.324 e. The summed E-state index contributed by atoms with van der Waals surface area (Å²) < 4.78 is 0. The van der Waals surface area contributed by atoms with Crippen LogP contribution in [0.3, 0.4) is 0 Å². The number of hydrogen-bond acceptors (Lipinski definition) is 3. The van der Waals surface area contributed by atoms with Crippen LogP contribution in [0.15, 0.2) is 6.07 Å². The van der Waals surface area contributed by atoms with Crippen LogP contribution in [0.5, 0.6) is 0 Å². The Bertz CT molecular complexity index is 296. The lowest BCUT2D eigenvalue weighted by atomic mass is 10.0. The quantitative estimate of drug-likeness (QED) is 0.810. The summed E-state index contributed by atoms with van der Waals surface area (Å²) in [5.74, 6) is 0. The van der Waals surface area contributed by atoms with Crippen LogP contribution in [-0.4, -0.2) is 12.1 Å². The van der Waals surface area contributed by atoms with Gasteiger partial charge in [-0.25, -0.2) is 0 Å². The fraction of sp³-hybridized carbons (Fsp3) is 0.667. The summed E-state index contributed by atoms with van der Waals surface area (Å²) in [7, 11) is 0. The van der Waals surface area contributed by atoms with Crippen molar-refractivity contribution >= 4 is 11.3 Å². The highest BCUT2D eigenvalue weighted by atomic mass is 32.1. The van der Waals surface area contributed by atoms with Crippen LogP contribution in [0.1, 0.15) is 35.6 Å². The van der Waals surface area contributed by atoms with Gasteiger partial charge in [-0.1, -0.05) is 6.92 Å². The zero-order chi connectivity index (χ0) is 11.5. The number of rotatable bonds is 5. The SMILES string of the molecule is CCC(C)(N)CNCc1cc(C)c(C)s1. The molecule has 0 spiro atoms. The summed E-state index contributed by atoms with van der Waals surface area (Å²) in [4.78, 5) is 2.81. The van der Waals surface area contributed by atoms with Crippen molar-refractivity contribution in [2.45, 2.75) is 46.2 Å². The van der Waals surface area contributed by atoms with E-state index < -0.39 is 0 Å². The molecule has 0 aromatic carbocycles. The lowest BCUT2D eigenvalue weighted by Crippen LogP contribution is -2.45. The van der Waals surface area contributed by atoms with Gasteiger partial charge in [-0.3, -0.25) is 0 Å². The standard InChI is InChI=1S/C12H22N2S/c1-5-12(4,13)8-14-7-11-6-9(2)10(3)15-11/h6,14H,5,7-8,13H2,1-4H3. The molecule has 0 aliphatic heterocycles. The monoisotopic (exact) mass is 226 g/mol. The zero-order valence-corrected chi connectivity index (χ0v) is 11.0. The average molecular weight is 226 g/mol. The van der Waals surface area contributed by atoms with Gasteiger partial charge < -0.3 is 11.1 Å². The van der Waals surface area contributed by atoms with Gasteiger partial charge in [-0.15, -0.1) is 11.3 Å². The number of thiophene rings is 1. The lowest BCUT2D eigenvalue weighted by molar-refractivity contribution is 0.417. The summed E-state index contributed by atoms with van der Waals surface area (Å²) in [6.07, 6.45) is 1.00. The maximum absolute atomic E-state index is 6.06. The average Bonchev–Trinajstić information content (AvgIpc) is 2.46. The van der Waals surface area contributed by atoms with Gasteiger partial charge in [0.1, 0.15) is 0 Å². The smallest absolute Gasteiger partial charge is 0.0300 e. The molecule has 0 aliphatic rings. The Morgan fingerprint density at radius 2 is 2.13 bits per heavy atom. The summed E-state index contributed by atoms with van der Waals surface area (Å²) in [5, 5.41) is 3.42. The van der Waals surface area contributed by atoms with E-state index in [9.17, 15) is 0 Å². The highest BCUT2D eigenvalue weighted by molar-refractivity contribution is 7.12. The summed E-state index contributed by atoms with van der Waals surface area (Å²) in [5.41, 5.74) is 7.37. The van der Waals surface area contributed by atoms with Crippen LogP contribution in [0.4, 0.5) is 0 Å². The van der Waals surface area contributed by atoms with E-state index in [1.807, 2.05) is 11.3 Å². The predicted octanol–water partition coefficient (Wildman–Crippen LogP) is 2.58. The molecule has 3 N–H and O–H groups in total. The van der Waals surface area contributed by atoms with Crippen molar-refractivity contribution in [1.29, 1.82) is 0 Å². The third kappa shape index (κ3) is 3.93. The number of nitrogens with two attached hydrogens (primary N) is 1. The molecule has 0 aliphatic carbocycles. The summed E-state index contributed by atoms with van der Waals surface area (Å²) in [6.45, 7) is 10.4. The molecule has 1 heterocycles.